The molecule has 4 heterocycles. The average Bonchev–Trinajstić information content (AvgIpc) is 3.25. The molecule has 8 nitrogen and oxygen atoms in total. The Morgan fingerprint density at radius 3 is 2.59 bits per heavy atom. The van der Waals surface area contributed by atoms with Gasteiger partial charge in [-0.3, -0.25) is 0 Å². The SMILES string of the molecule is Cc1cc(N2C[C@H]3CC[C@@H](C2)C3Nc2nc3n(n2)CCCC[C@H]3Oc2ccc(F)cc2)ncn1. The summed E-state index contributed by atoms with van der Waals surface area (Å²) < 4.78 is 21.5. The largest absolute Gasteiger partial charge is 0.482 e. The maximum absolute atomic E-state index is 13.3. The lowest BCUT2D eigenvalue weighted by molar-refractivity contribution is 0.183. The summed E-state index contributed by atoms with van der Waals surface area (Å²) in [6.45, 7) is 4.81. The van der Waals surface area contributed by atoms with Crippen LogP contribution >= 0.6 is 0 Å². The zero-order valence-corrected chi connectivity index (χ0v) is 19.4. The van der Waals surface area contributed by atoms with Crippen molar-refractivity contribution in [2.45, 2.75) is 57.7 Å². The molecule has 3 aliphatic rings. The number of halogens is 1. The maximum Gasteiger partial charge on any atom is 0.242 e. The second kappa shape index (κ2) is 8.85. The van der Waals surface area contributed by atoms with Crippen molar-refractivity contribution in [1.82, 2.24) is 24.7 Å². The number of hydrogen-bond acceptors (Lipinski definition) is 7. The normalized spacial score (nSPS) is 26.1. The molecule has 2 aliphatic heterocycles. The highest BCUT2D eigenvalue weighted by molar-refractivity contribution is 5.41. The van der Waals surface area contributed by atoms with E-state index in [1.165, 1.54) is 25.0 Å². The van der Waals surface area contributed by atoms with E-state index in [-0.39, 0.29) is 11.9 Å². The summed E-state index contributed by atoms with van der Waals surface area (Å²) in [7, 11) is 0. The van der Waals surface area contributed by atoms with E-state index in [0.717, 1.165) is 56.2 Å². The lowest BCUT2D eigenvalue weighted by Gasteiger charge is -2.38. The molecule has 34 heavy (non-hydrogen) atoms. The molecule has 2 bridgehead atoms. The van der Waals surface area contributed by atoms with Crippen LogP contribution in [0.1, 0.15) is 49.7 Å². The molecule has 1 saturated carbocycles. The van der Waals surface area contributed by atoms with Crippen LogP contribution in [-0.4, -0.2) is 43.9 Å². The van der Waals surface area contributed by atoms with Crippen molar-refractivity contribution in [2.24, 2.45) is 11.8 Å². The highest BCUT2D eigenvalue weighted by Gasteiger charge is 2.43. The molecule has 178 valence electrons. The van der Waals surface area contributed by atoms with E-state index in [0.29, 0.717) is 29.6 Å². The number of ether oxygens (including phenoxy) is 1. The summed E-state index contributed by atoms with van der Waals surface area (Å²) in [4.78, 5) is 16.0. The minimum Gasteiger partial charge on any atom is -0.482 e. The third-order valence-electron chi connectivity index (χ3n) is 7.41. The molecule has 1 N–H and O–H groups in total. The number of benzene rings is 1. The Hall–Kier alpha value is -3.23. The quantitative estimate of drug-likeness (QED) is 0.609. The number of aryl methyl sites for hydroxylation is 2. The first-order valence-electron chi connectivity index (χ1n) is 12.3. The second-order valence-corrected chi connectivity index (χ2v) is 9.76. The Balaban J connectivity index is 1.17. The van der Waals surface area contributed by atoms with Gasteiger partial charge in [0.2, 0.25) is 5.95 Å². The van der Waals surface area contributed by atoms with Crippen LogP contribution in [0.15, 0.2) is 36.7 Å². The standard InChI is InChI=1S/C25H30FN7O/c1-16-12-22(28-15-27-16)32-13-17-5-6-18(14-32)23(17)29-25-30-24-21(4-2-3-11-33(24)31-25)34-20-9-7-19(26)8-10-20/h7-10,12,15,17-18,21,23H,2-6,11,13-14H2,1H3,(H,29,31)/t17-,18+,21-,23?/m1/s1. The maximum atomic E-state index is 13.3. The van der Waals surface area contributed by atoms with Crippen molar-refractivity contribution in [3.05, 3.63) is 54.0 Å². The van der Waals surface area contributed by atoms with Crippen molar-refractivity contribution in [3.8, 4) is 5.75 Å². The van der Waals surface area contributed by atoms with Crippen molar-refractivity contribution >= 4 is 11.8 Å². The van der Waals surface area contributed by atoms with Crippen LogP contribution in [0, 0.1) is 24.6 Å². The van der Waals surface area contributed by atoms with Crippen molar-refractivity contribution in [2.75, 3.05) is 23.3 Å². The number of rotatable bonds is 5. The first-order valence-corrected chi connectivity index (χ1v) is 12.3. The van der Waals surface area contributed by atoms with E-state index in [9.17, 15) is 4.39 Å². The Labute approximate surface area is 198 Å². The summed E-state index contributed by atoms with van der Waals surface area (Å²) in [5.74, 6) is 4.02. The molecule has 1 saturated heterocycles. The molecule has 4 atom stereocenters. The summed E-state index contributed by atoms with van der Waals surface area (Å²) in [5.41, 5.74) is 0.999. The Kier molecular flexibility index (Phi) is 5.55. The third-order valence-corrected chi connectivity index (χ3v) is 7.41. The van der Waals surface area contributed by atoms with Gasteiger partial charge < -0.3 is 15.0 Å². The number of nitrogens with one attached hydrogen (secondary N) is 1. The fourth-order valence-electron chi connectivity index (χ4n) is 5.74. The number of anilines is 2. The number of fused-ring (bicyclic) bond motifs is 3. The van der Waals surface area contributed by atoms with E-state index in [1.807, 2.05) is 11.6 Å². The number of nitrogens with zero attached hydrogens (tertiary/aromatic N) is 6. The minimum atomic E-state index is -0.265. The highest BCUT2D eigenvalue weighted by atomic mass is 19.1. The smallest absolute Gasteiger partial charge is 0.242 e. The number of hydrogen-bond donors (Lipinski definition) is 1. The van der Waals surface area contributed by atoms with E-state index >= 15 is 0 Å². The molecule has 2 aromatic heterocycles. The molecule has 9 heteroatoms. The van der Waals surface area contributed by atoms with Gasteiger partial charge in [-0.2, -0.15) is 4.98 Å². The third kappa shape index (κ3) is 4.19. The lowest BCUT2D eigenvalue weighted by atomic mass is 9.92. The van der Waals surface area contributed by atoms with Crippen molar-refractivity contribution < 1.29 is 9.13 Å². The lowest BCUT2D eigenvalue weighted by Crippen LogP contribution is -2.48. The molecule has 6 rings (SSSR count). The zero-order valence-electron chi connectivity index (χ0n) is 19.4. The summed E-state index contributed by atoms with van der Waals surface area (Å²) in [5, 5.41) is 8.50. The highest BCUT2D eigenvalue weighted by Crippen LogP contribution is 2.40. The van der Waals surface area contributed by atoms with Gasteiger partial charge in [-0.05, 0) is 75.1 Å². The molecule has 1 aromatic carbocycles. The molecular formula is C25H30FN7O. The number of piperidine rings is 1. The number of aromatic nitrogens is 5. The molecule has 0 spiro atoms. The first kappa shape index (κ1) is 21.3. The van der Waals surface area contributed by atoms with Crippen molar-refractivity contribution in [3.63, 3.8) is 0 Å². The molecule has 0 radical (unpaired) electrons. The van der Waals surface area contributed by atoms with Gasteiger partial charge in [0, 0.05) is 37.4 Å². The van der Waals surface area contributed by atoms with E-state index in [4.69, 9.17) is 14.8 Å². The molecule has 0 amide bonds. The van der Waals surface area contributed by atoms with Crippen LogP contribution in [0.5, 0.6) is 5.75 Å². The zero-order chi connectivity index (χ0) is 23.1. The van der Waals surface area contributed by atoms with Gasteiger partial charge in [-0.1, -0.05) is 0 Å². The van der Waals surface area contributed by atoms with E-state index in [1.54, 1.807) is 18.5 Å². The van der Waals surface area contributed by atoms with Gasteiger partial charge in [0.05, 0.1) is 0 Å². The van der Waals surface area contributed by atoms with Gasteiger partial charge >= 0.3 is 0 Å². The summed E-state index contributed by atoms with van der Waals surface area (Å²) >= 11 is 0. The Morgan fingerprint density at radius 2 is 1.82 bits per heavy atom. The van der Waals surface area contributed by atoms with Crippen molar-refractivity contribution in [1.29, 1.82) is 0 Å². The van der Waals surface area contributed by atoms with Crippen LogP contribution in [0.4, 0.5) is 16.2 Å². The molecule has 1 unspecified atom stereocenters. The van der Waals surface area contributed by atoms with Crippen LogP contribution in [0.25, 0.3) is 0 Å². The topological polar surface area (TPSA) is 81.0 Å². The molecule has 3 aromatic rings. The average molecular weight is 464 g/mol. The fourth-order valence-corrected chi connectivity index (χ4v) is 5.74. The van der Waals surface area contributed by atoms with Gasteiger partial charge in [0.15, 0.2) is 11.9 Å². The van der Waals surface area contributed by atoms with Gasteiger partial charge in [0.1, 0.15) is 23.7 Å². The van der Waals surface area contributed by atoms with Gasteiger partial charge in [0.25, 0.3) is 0 Å². The molecule has 2 fully saturated rings. The Bertz CT molecular complexity index is 1140. The predicted octanol–water partition coefficient (Wildman–Crippen LogP) is 4.15. The first-order chi connectivity index (χ1) is 16.6. The predicted molar refractivity (Wildman–Crippen MR) is 126 cm³/mol. The van der Waals surface area contributed by atoms with Crippen LogP contribution in [0.3, 0.4) is 0 Å². The monoisotopic (exact) mass is 463 g/mol. The minimum absolute atomic E-state index is 0.185. The molecular weight excluding hydrogens is 433 g/mol. The van der Waals surface area contributed by atoms with E-state index in [2.05, 4.69) is 26.3 Å². The Morgan fingerprint density at radius 1 is 1.03 bits per heavy atom. The fraction of sp³-hybridized carbons (Fsp3) is 0.520. The van der Waals surface area contributed by atoms with Gasteiger partial charge in [-0.25, -0.2) is 19.0 Å². The van der Waals surface area contributed by atoms with Gasteiger partial charge in [-0.15, -0.1) is 5.10 Å². The van der Waals surface area contributed by atoms with E-state index < -0.39 is 0 Å². The summed E-state index contributed by atoms with van der Waals surface area (Å²) in [6.07, 6.45) is 6.84. The van der Waals surface area contributed by atoms with Crippen LogP contribution < -0.4 is 15.0 Å². The van der Waals surface area contributed by atoms with Crippen LogP contribution in [-0.2, 0) is 6.54 Å². The second-order valence-electron chi connectivity index (χ2n) is 9.76. The molecule has 1 aliphatic carbocycles. The summed E-state index contributed by atoms with van der Waals surface area (Å²) in [6, 6.07) is 8.63. The van der Waals surface area contributed by atoms with Crippen LogP contribution in [0.2, 0.25) is 0 Å².